The van der Waals surface area contributed by atoms with Gasteiger partial charge in [0.05, 0.1) is 18.9 Å². The van der Waals surface area contributed by atoms with Crippen LogP contribution in [0.4, 0.5) is 0 Å². The number of nitrogens with two attached hydrogens (primary N) is 1. The number of rotatable bonds is 5. The Kier molecular flexibility index (Phi) is 4.35. The van der Waals surface area contributed by atoms with Gasteiger partial charge in [0.1, 0.15) is 11.5 Å². The summed E-state index contributed by atoms with van der Waals surface area (Å²) in [5, 5.41) is 9.05. The van der Waals surface area contributed by atoms with Gasteiger partial charge in [0.2, 0.25) is 0 Å². The highest BCUT2D eigenvalue weighted by molar-refractivity contribution is 7.99. The predicted octanol–water partition coefficient (Wildman–Crippen LogP) is 1.35. The number of furan rings is 1. The summed E-state index contributed by atoms with van der Waals surface area (Å²) in [6, 6.07) is 3.82. The van der Waals surface area contributed by atoms with Crippen molar-refractivity contribution in [3.05, 3.63) is 23.7 Å². The first-order valence-corrected chi connectivity index (χ1v) is 5.31. The third kappa shape index (κ3) is 3.42. The summed E-state index contributed by atoms with van der Waals surface area (Å²) >= 11 is 1.67. The largest absolute Gasteiger partial charge is 0.464 e. The number of hydrogen-bond donors (Lipinski definition) is 2. The molecule has 0 aliphatic carbocycles. The highest BCUT2D eigenvalue weighted by atomic mass is 32.2. The minimum atomic E-state index is 0.203. The third-order valence-corrected chi connectivity index (χ3v) is 2.86. The lowest BCUT2D eigenvalue weighted by Crippen LogP contribution is -2.01. The molecule has 0 radical (unpaired) electrons. The Morgan fingerprint density at radius 2 is 2.23 bits per heavy atom. The van der Waals surface area contributed by atoms with Crippen LogP contribution in [0.5, 0.6) is 0 Å². The van der Waals surface area contributed by atoms with E-state index >= 15 is 0 Å². The van der Waals surface area contributed by atoms with E-state index in [4.69, 9.17) is 15.3 Å². The molecule has 0 saturated carbocycles. The molecule has 0 saturated heterocycles. The molecule has 0 aromatic carbocycles. The molecule has 0 spiro atoms. The SMILES string of the molecule is CC(CO)SCc1ccc(CN)o1. The second-order valence-electron chi connectivity index (χ2n) is 2.88. The van der Waals surface area contributed by atoms with Gasteiger partial charge < -0.3 is 15.3 Å². The second-order valence-corrected chi connectivity index (χ2v) is 4.30. The Morgan fingerprint density at radius 1 is 1.54 bits per heavy atom. The van der Waals surface area contributed by atoms with Gasteiger partial charge >= 0.3 is 0 Å². The first kappa shape index (κ1) is 10.6. The van der Waals surface area contributed by atoms with Crippen LogP contribution in [-0.2, 0) is 12.3 Å². The van der Waals surface area contributed by atoms with Crippen molar-refractivity contribution in [2.75, 3.05) is 6.61 Å². The highest BCUT2D eigenvalue weighted by Crippen LogP contribution is 2.18. The molecule has 1 atom stereocenters. The summed E-state index contributed by atoms with van der Waals surface area (Å²) in [6.45, 7) is 2.63. The van der Waals surface area contributed by atoms with Crippen molar-refractivity contribution in [1.29, 1.82) is 0 Å². The Morgan fingerprint density at radius 3 is 2.77 bits per heavy atom. The summed E-state index contributed by atoms with van der Waals surface area (Å²) in [4.78, 5) is 0. The second kappa shape index (κ2) is 5.32. The summed E-state index contributed by atoms with van der Waals surface area (Å²) in [5.41, 5.74) is 5.40. The molecule has 1 unspecified atom stereocenters. The van der Waals surface area contributed by atoms with E-state index in [-0.39, 0.29) is 11.9 Å². The summed E-state index contributed by atoms with van der Waals surface area (Å²) in [5.74, 6) is 2.53. The van der Waals surface area contributed by atoms with Gasteiger partial charge in [-0.15, -0.1) is 11.8 Å². The molecule has 3 nitrogen and oxygen atoms in total. The van der Waals surface area contributed by atoms with Gasteiger partial charge in [-0.3, -0.25) is 0 Å². The van der Waals surface area contributed by atoms with Crippen LogP contribution in [0.25, 0.3) is 0 Å². The van der Waals surface area contributed by atoms with Crippen LogP contribution in [0.15, 0.2) is 16.5 Å². The average molecular weight is 201 g/mol. The van der Waals surface area contributed by atoms with Crippen molar-refractivity contribution in [2.45, 2.75) is 24.5 Å². The fourth-order valence-corrected chi connectivity index (χ4v) is 1.60. The number of thioether (sulfide) groups is 1. The first-order chi connectivity index (χ1) is 6.26. The van der Waals surface area contributed by atoms with E-state index in [0.29, 0.717) is 6.54 Å². The molecule has 1 rings (SSSR count). The molecular formula is C9H15NO2S. The van der Waals surface area contributed by atoms with Crippen LogP contribution >= 0.6 is 11.8 Å². The lowest BCUT2D eigenvalue weighted by atomic mass is 10.4. The molecule has 0 bridgehead atoms. The lowest BCUT2D eigenvalue weighted by Gasteiger charge is -2.04. The van der Waals surface area contributed by atoms with E-state index in [2.05, 4.69) is 0 Å². The van der Waals surface area contributed by atoms with Gasteiger partial charge in [-0.2, -0.15) is 0 Å². The van der Waals surface area contributed by atoms with Crippen molar-refractivity contribution in [3.8, 4) is 0 Å². The fraction of sp³-hybridized carbons (Fsp3) is 0.556. The van der Waals surface area contributed by atoms with Crippen LogP contribution in [0.1, 0.15) is 18.4 Å². The zero-order valence-electron chi connectivity index (χ0n) is 7.69. The monoisotopic (exact) mass is 201 g/mol. The molecule has 0 aliphatic rings. The van der Waals surface area contributed by atoms with E-state index in [1.807, 2.05) is 19.1 Å². The molecule has 1 aromatic rings. The predicted molar refractivity (Wildman–Crippen MR) is 54.4 cm³/mol. The van der Waals surface area contributed by atoms with Crippen molar-refractivity contribution in [3.63, 3.8) is 0 Å². The number of aliphatic hydroxyl groups excluding tert-OH is 1. The molecule has 3 N–H and O–H groups in total. The maximum Gasteiger partial charge on any atom is 0.117 e. The zero-order chi connectivity index (χ0) is 9.68. The highest BCUT2D eigenvalue weighted by Gasteiger charge is 2.04. The molecule has 13 heavy (non-hydrogen) atoms. The van der Waals surface area contributed by atoms with Crippen molar-refractivity contribution < 1.29 is 9.52 Å². The fourth-order valence-electron chi connectivity index (χ4n) is 0.887. The minimum Gasteiger partial charge on any atom is -0.464 e. The van der Waals surface area contributed by atoms with Crippen LogP contribution in [0.2, 0.25) is 0 Å². The Bertz CT molecular complexity index is 250. The van der Waals surface area contributed by atoms with Crippen molar-refractivity contribution in [2.24, 2.45) is 5.73 Å². The van der Waals surface area contributed by atoms with Gasteiger partial charge in [0.15, 0.2) is 0 Å². The molecule has 74 valence electrons. The molecular weight excluding hydrogens is 186 g/mol. The van der Waals surface area contributed by atoms with Gasteiger partial charge in [0, 0.05) is 5.25 Å². The molecule has 0 fully saturated rings. The van der Waals surface area contributed by atoms with Crippen molar-refractivity contribution in [1.82, 2.24) is 0 Å². The average Bonchev–Trinajstić information content (AvgIpc) is 2.61. The van der Waals surface area contributed by atoms with E-state index < -0.39 is 0 Å². The molecule has 1 aromatic heterocycles. The molecule has 0 amide bonds. The third-order valence-electron chi connectivity index (χ3n) is 1.69. The van der Waals surface area contributed by atoms with E-state index in [1.54, 1.807) is 11.8 Å². The standard InChI is InChI=1S/C9H15NO2S/c1-7(5-11)13-6-9-3-2-8(4-10)12-9/h2-3,7,11H,4-6,10H2,1H3. The summed E-state index contributed by atoms with van der Waals surface area (Å²) in [6.07, 6.45) is 0. The van der Waals surface area contributed by atoms with Crippen LogP contribution in [0, 0.1) is 0 Å². The first-order valence-electron chi connectivity index (χ1n) is 4.26. The van der Waals surface area contributed by atoms with E-state index in [9.17, 15) is 0 Å². The normalized spacial score (nSPS) is 13.2. The molecule has 4 heteroatoms. The number of aliphatic hydroxyl groups is 1. The Hall–Kier alpha value is -0.450. The Balaban J connectivity index is 2.36. The van der Waals surface area contributed by atoms with Crippen LogP contribution in [-0.4, -0.2) is 17.0 Å². The zero-order valence-corrected chi connectivity index (χ0v) is 8.51. The quantitative estimate of drug-likeness (QED) is 0.755. The maximum atomic E-state index is 8.79. The van der Waals surface area contributed by atoms with Crippen LogP contribution in [0.3, 0.4) is 0 Å². The smallest absolute Gasteiger partial charge is 0.117 e. The lowest BCUT2D eigenvalue weighted by molar-refractivity contribution is 0.300. The van der Waals surface area contributed by atoms with Gasteiger partial charge in [0.25, 0.3) is 0 Å². The van der Waals surface area contributed by atoms with Crippen molar-refractivity contribution >= 4 is 11.8 Å². The van der Waals surface area contributed by atoms with Gasteiger partial charge in [-0.25, -0.2) is 0 Å². The van der Waals surface area contributed by atoms with Gasteiger partial charge in [-0.1, -0.05) is 6.92 Å². The van der Waals surface area contributed by atoms with E-state index in [0.717, 1.165) is 17.3 Å². The Labute approximate surface area is 82.3 Å². The summed E-state index contributed by atoms with van der Waals surface area (Å²) in [7, 11) is 0. The number of hydrogen-bond acceptors (Lipinski definition) is 4. The molecule has 0 aliphatic heterocycles. The maximum absolute atomic E-state index is 8.79. The summed E-state index contributed by atoms with van der Waals surface area (Å²) < 4.78 is 5.40. The molecule has 1 heterocycles. The topological polar surface area (TPSA) is 59.4 Å². The van der Waals surface area contributed by atoms with Gasteiger partial charge in [-0.05, 0) is 12.1 Å². The minimum absolute atomic E-state index is 0.203. The van der Waals surface area contributed by atoms with E-state index in [1.165, 1.54) is 0 Å². The van der Waals surface area contributed by atoms with Crippen LogP contribution < -0.4 is 5.73 Å².